The third kappa shape index (κ3) is 2.68. The zero-order valence-corrected chi connectivity index (χ0v) is 13.4. The van der Waals surface area contributed by atoms with Crippen LogP contribution in [0.2, 0.25) is 0 Å². The second-order valence-corrected chi connectivity index (χ2v) is 5.72. The Hall–Kier alpha value is -2.74. The minimum Gasteiger partial charge on any atom is -0.350 e. The number of aromatic nitrogens is 4. The van der Waals surface area contributed by atoms with Crippen molar-refractivity contribution in [3.63, 3.8) is 0 Å². The fourth-order valence-corrected chi connectivity index (χ4v) is 2.57. The summed E-state index contributed by atoms with van der Waals surface area (Å²) in [6, 6.07) is 7.13. The average molecular weight is 329 g/mol. The van der Waals surface area contributed by atoms with Crippen LogP contribution in [0.4, 0.5) is 0 Å². The number of nitrogens with zero attached hydrogens (tertiary/aromatic N) is 3. The molecule has 0 radical (unpaired) electrons. The van der Waals surface area contributed by atoms with Crippen molar-refractivity contribution in [2.45, 2.75) is 19.9 Å². The van der Waals surface area contributed by atoms with Crippen LogP contribution in [-0.2, 0) is 4.79 Å². The number of nitrogens with one attached hydrogen (secondary N) is 2. The van der Waals surface area contributed by atoms with E-state index >= 15 is 0 Å². The lowest BCUT2D eigenvalue weighted by Crippen LogP contribution is -2.28. The van der Waals surface area contributed by atoms with E-state index in [4.69, 9.17) is 12.2 Å². The molecule has 8 heteroatoms. The smallest absolute Gasteiger partial charge is 0.266 e. The third-order valence-electron chi connectivity index (χ3n) is 3.27. The lowest BCUT2D eigenvalue weighted by molar-refractivity contribution is -0.116. The first-order chi connectivity index (χ1) is 11.0. The van der Waals surface area contributed by atoms with Gasteiger partial charge in [0.1, 0.15) is 0 Å². The van der Waals surface area contributed by atoms with Crippen molar-refractivity contribution >= 4 is 41.0 Å². The highest BCUT2D eigenvalue weighted by Gasteiger charge is 2.11. The molecule has 0 atom stereocenters. The quantitative estimate of drug-likeness (QED) is 0.566. The summed E-state index contributed by atoms with van der Waals surface area (Å²) in [5.74, 6) is 0.0413. The van der Waals surface area contributed by atoms with Crippen molar-refractivity contribution in [1.29, 1.82) is 0 Å². The van der Waals surface area contributed by atoms with Crippen LogP contribution in [0.3, 0.4) is 0 Å². The molecule has 0 fully saturated rings. The van der Waals surface area contributed by atoms with Crippen LogP contribution in [0.5, 0.6) is 0 Å². The Balaban J connectivity index is 2.25. The molecule has 7 nitrogen and oxygen atoms in total. The van der Waals surface area contributed by atoms with Gasteiger partial charge in [0.15, 0.2) is 0 Å². The molecular weight excluding hydrogens is 314 g/mol. The zero-order chi connectivity index (χ0) is 16.6. The van der Waals surface area contributed by atoms with Crippen LogP contribution in [-0.4, -0.2) is 31.1 Å². The molecule has 0 saturated heterocycles. The van der Waals surface area contributed by atoms with Crippen molar-refractivity contribution in [2.75, 3.05) is 0 Å². The van der Waals surface area contributed by atoms with E-state index in [0.717, 1.165) is 0 Å². The fourth-order valence-electron chi connectivity index (χ4n) is 2.35. The first-order valence-electron chi connectivity index (χ1n) is 7.08. The maximum absolute atomic E-state index is 12.7. The highest BCUT2D eigenvalue weighted by Crippen LogP contribution is 2.12. The SMILES string of the molecule is CC(C)NC(=O)C=Cn1c(=O)c2ccccc2n2c(=S)[nH]nc12. The molecule has 1 amide bonds. The van der Waals surface area contributed by atoms with E-state index in [1.54, 1.807) is 22.6 Å². The molecule has 23 heavy (non-hydrogen) atoms. The van der Waals surface area contributed by atoms with E-state index in [2.05, 4.69) is 15.5 Å². The van der Waals surface area contributed by atoms with E-state index in [1.807, 2.05) is 19.9 Å². The molecule has 118 valence electrons. The topological polar surface area (TPSA) is 84.2 Å². The number of rotatable bonds is 3. The molecule has 0 saturated carbocycles. The standard InChI is InChI=1S/C15H15N5O2S/c1-9(2)16-12(21)7-8-19-13(22)10-5-3-4-6-11(10)20-14(19)17-18-15(20)23/h3-9H,1-2H3,(H,16,21)(H,18,23). The number of hydrogen-bond donors (Lipinski definition) is 2. The third-order valence-corrected chi connectivity index (χ3v) is 3.54. The van der Waals surface area contributed by atoms with E-state index in [9.17, 15) is 9.59 Å². The van der Waals surface area contributed by atoms with E-state index in [1.165, 1.54) is 16.8 Å². The first kappa shape index (κ1) is 15.2. The highest BCUT2D eigenvalue weighted by atomic mass is 32.1. The Kier molecular flexibility index (Phi) is 3.83. The Bertz CT molecular complexity index is 1040. The number of carbonyl (C=O) groups excluding carboxylic acids is 1. The summed E-state index contributed by atoms with van der Waals surface area (Å²) in [6.45, 7) is 3.72. The summed E-state index contributed by atoms with van der Waals surface area (Å²) in [4.78, 5) is 24.4. The minimum absolute atomic E-state index is 0.0134. The Labute approximate surface area is 136 Å². The van der Waals surface area contributed by atoms with Crippen molar-refractivity contribution in [3.05, 3.63) is 45.5 Å². The van der Waals surface area contributed by atoms with Crippen molar-refractivity contribution < 1.29 is 4.79 Å². The van der Waals surface area contributed by atoms with Gasteiger partial charge in [0.2, 0.25) is 16.5 Å². The zero-order valence-electron chi connectivity index (χ0n) is 12.6. The number of benzene rings is 1. The van der Waals surface area contributed by atoms with Crippen LogP contribution >= 0.6 is 12.2 Å². The summed E-state index contributed by atoms with van der Waals surface area (Å²) < 4.78 is 3.34. The van der Waals surface area contributed by atoms with Gasteiger partial charge in [-0.1, -0.05) is 12.1 Å². The Morgan fingerprint density at radius 3 is 2.87 bits per heavy atom. The van der Waals surface area contributed by atoms with Gasteiger partial charge >= 0.3 is 0 Å². The van der Waals surface area contributed by atoms with Gasteiger partial charge in [-0.3, -0.25) is 18.6 Å². The van der Waals surface area contributed by atoms with Crippen molar-refractivity contribution in [1.82, 2.24) is 24.5 Å². The number of carbonyl (C=O) groups is 1. The number of amides is 1. The predicted molar refractivity (Wildman–Crippen MR) is 90.8 cm³/mol. The number of H-pyrrole nitrogens is 1. The highest BCUT2D eigenvalue weighted by molar-refractivity contribution is 7.71. The molecule has 2 aromatic heterocycles. The molecule has 0 bridgehead atoms. The van der Waals surface area contributed by atoms with Gasteiger partial charge in [-0.2, -0.15) is 0 Å². The monoisotopic (exact) mass is 329 g/mol. The summed E-state index contributed by atoms with van der Waals surface area (Å²) in [5.41, 5.74) is 0.401. The van der Waals surface area contributed by atoms with E-state index < -0.39 is 0 Å². The summed E-state index contributed by atoms with van der Waals surface area (Å²) in [7, 11) is 0. The van der Waals surface area contributed by atoms with Crippen molar-refractivity contribution in [3.8, 4) is 0 Å². The van der Waals surface area contributed by atoms with E-state index in [-0.39, 0.29) is 17.5 Å². The second-order valence-electron chi connectivity index (χ2n) is 5.34. The molecule has 0 spiro atoms. The van der Waals surface area contributed by atoms with E-state index in [0.29, 0.717) is 21.5 Å². The number of aromatic amines is 1. The summed E-state index contributed by atoms with van der Waals surface area (Å²) >= 11 is 5.24. The lowest BCUT2D eigenvalue weighted by atomic mass is 10.2. The molecule has 0 aliphatic heterocycles. The molecule has 2 N–H and O–H groups in total. The summed E-state index contributed by atoms with van der Waals surface area (Å²) in [5, 5.41) is 9.99. The van der Waals surface area contributed by atoms with Gasteiger partial charge < -0.3 is 5.32 Å². The fraction of sp³-hybridized carbons (Fsp3) is 0.200. The minimum atomic E-state index is -0.285. The predicted octanol–water partition coefficient (Wildman–Crippen LogP) is 1.70. The molecule has 0 aliphatic carbocycles. The molecule has 0 aliphatic rings. The molecule has 2 heterocycles. The number of hydrogen-bond acceptors (Lipinski definition) is 4. The molecular formula is C15H15N5O2S. The van der Waals surface area contributed by atoms with Gasteiger partial charge in [0, 0.05) is 18.3 Å². The average Bonchev–Trinajstić information content (AvgIpc) is 2.88. The maximum atomic E-state index is 12.7. The molecule has 3 rings (SSSR count). The maximum Gasteiger partial charge on any atom is 0.266 e. The lowest BCUT2D eigenvalue weighted by Gasteiger charge is -2.07. The molecule has 3 aromatic rings. The number of para-hydroxylation sites is 1. The van der Waals surface area contributed by atoms with Crippen LogP contribution in [0.15, 0.2) is 35.1 Å². The summed E-state index contributed by atoms with van der Waals surface area (Å²) in [6.07, 6.45) is 2.70. The van der Waals surface area contributed by atoms with Gasteiger partial charge in [-0.05, 0) is 38.2 Å². The van der Waals surface area contributed by atoms with Crippen LogP contribution in [0.25, 0.3) is 22.9 Å². The second kappa shape index (κ2) is 5.81. The number of fused-ring (bicyclic) bond motifs is 3. The van der Waals surface area contributed by atoms with Crippen LogP contribution in [0.1, 0.15) is 13.8 Å². The first-order valence-corrected chi connectivity index (χ1v) is 7.49. The Morgan fingerprint density at radius 2 is 2.13 bits per heavy atom. The van der Waals surface area contributed by atoms with Gasteiger partial charge in [-0.15, -0.1) is 5.10 Å². The van der Waals surface area contributed by atoms with Gasteiger partial charge in [0.25, 0.3) is 5.56 Å². The van der Waals surface area contributed by atoms with Gasteiger partial charge in [0.05, 0.1) is 10.9 Å². The largest absolute Gasteiger partial charge is 0.350 e. The molecule has 0 unspecified atom stereocenters. The molecule has 1 aromatic carbocycles. The van der Waals surface area contributed by atoms with Crippen LogP contribution < -0.4 is 10.9 Å². The van der Waals surface area contributed by atoms with Crippen LogP contribution in [0, 0.1) is 4.77 Å². The van der Waals surface area contributed by atoms with Crippen molar-refractivity contribution in [2.24, 2.45) is 0 Å². The van der Waals surface area contributed by atoms with Gasteiger partial charge in [-0.25, -0.2) is 5.10 Å². The normalized spacial score (nSPS) is 11.8. The Morgan fingerprint density at radius 1 is 1.39 bits per heavy atom.